The van der Waals surface area contributed by atoms with Crippen molar-refractivity contribution in [1.29, 1.82) is 0 Å². The lowest BCUT2D eigenvalue weighted by Crippen LogP contribution is -2.48. The molecule has 1 aliphatic rings. The minimum atomic E-state index is -0.670. The van der Waals surface area contributed by atoms with Crippen molar-refractivity contribution in [1.82, 2.24) is 4.90 Å². The largest absolute Gasteiger partial charge is 0.491 e. The molecule has 0 saturated carbocycles. The molecule has 3 N–H and O–H groups in total. The zero-order valence-corrected chi connectivity index (χ0v) is 12.0. The maximum atomic E-state index is 10.6. The Balaban J connectivity index is 2.25. The first-order valence-electron chi connectivity index (χ1n) is 6.96. The first-order chi connectivity index (χ1) is 9.58. The number of benzene rings is 1. The zero-order chi connectivity index (χ0) is 14.7. The summed E-state index contributed by atoms with van der Waals surface area (Å²) >= 11 is 0. The van der Waals surface area contributed by atoms with E-state index in [1.807, 2.05) is 30.9 Å². The second-order valence-corrected chi connectivity index (χ2v) is 5.28. The summed E-state index contributed by atoms with van der Waals surface area (Å²) in [5.74, 6) is 0.727. The van der Waals surface area contributed by atoms with Gasteiger partial charge in [0.15, 0.2) is 0 Å². The van der Waals surface area contributed by atoms with E-state index >= 15 is 0 Å². The van der Waals surface area contributed by atoms with Gasteiger partial charge in [-0.15, -0.1) is 0 Å². The van der Waals surface area contributed by atoms with Gasteiger partial charge in [0.2, 0.25) is 0 Å². The highest BCUT2D eigenvalue weighted by atomic mass is 16.5. The van der Waals surface area contributed by atoms with Crippen LogP contribution < -0.4 is 4.74 Å². The number of fused-ring (bicyclic) bond motifs is 1. The Morgan fingerprint density at radius 3 is 2.35 bits per heavy atom. The number of aliphatic hydroxyl groups is 3. The molecule has 0 fully saturated rings. The summed E-state index contributed by atoms with van der Waals surface area (Å²) in [5.41, 5.74) is 3.03. The second-order valence-electron chi connectivity index (χ2n) is 5.28. The average molecular weight is 281 g/mol. The molecule has 0 spiro atoms. The van der Waals surface area contributed by atoms with Crippen molar-refractivity contribution in [2.45, 2.75) is 26.0 Å². The number of nitrogens with zero attached hydrogens (tertiary/aromatic N) is 1. The standard InChI is InChI=1S/C15H23NO4/c1-10-7-12-14(8-11(10)2)20-9-13(15(12)19)16(3-5-17)4-6-18/h7-8,13,15,17-19H,3-6,9H2,1-2H3. The van der Waals surface area contributed by atoms with Crippen LogP contribution in [0.5, 0.6) is 5.75 Å². The van der Waals surface area contributed by atoms with Crippen LogP contribution >= 0.6 is 0 Å². The van der Waals surface area contributed by atoms with Crippen LogP contribution in [0.2, 0.25) is 0 Å². The molecule has 2 rings (SSSR count). The maximum absolute atomic E-state index is 10.6. The summed E-state index contributed by atoms with van der Waals surface area (Å²) < 4.78 is 5.75. The van der Waals surface area contributed by atoms with Crippen LogP contribution in [0.4, 0.5) is 0 Å². The monoisotopic (exact) mass is 281 g/mol. The van der Waals surface area contributed by atoms with Gasteiger partial charge in [0.25, 0.3) is 0 Å². The van der Waals surface area contributed by atoms with Crippen LogP contribution in [0.3, 0.4) is 0 Å². The van der Waals surface area contributed by atoms with Gasteiger partial charge in [-0.2, -0.15) is 0 Å². The van der Waals surface area contributed by atoms with Crippen LogP contribution in [-0.4, -0.2) is 59.2 Å². The fraction of sp³-hybridized carbons (Fsp3) is 0.600. The number of aliphatic hydroxyl groups excluding tert-OH is 3. The summed E-state index contributed by atoms with van der Waals surface area (Å²) in [6.07, 6.45) is -0.670. The lowest BCUT2D eigenvalue weighted by Gasteiger charge is -2.38. The van der Waals surface area contributed by atoms with Gasteiger partial charge in [-0.3, -0.25) is 4.90 Å². The lowest BCUT2D eigenvalue weighted by molar-refractivity contribution is -0.00869. The molecule has 112 valence electrons. The van der Waals surface area contributed by atoms with Crippen molar-refractivity contribution >= 4 is 0 Å². The SMILES string of the molecule is Cc1cc2c(cc1C)C(O)C(N(CCO)CCO)CO2. The summed E-state index contributed by atoms with van der Waals surface area (Å²) in [6.45, 7) is 5.17. The predicted molar refractivity (Wildman–Crippen MR) is 75.9 cm³/mol. The maximum Gasteiger partial charge on any atom is 0.125 e. The van der Waals surface area contributed by atoms with Crippen molar-refractivity contribution in [3.8, 4) is 5.75 Å². The molecule has 0 aromatic heterocycles. The number of ether oxygens (including phenoxy) is 1. The Labute approximate surface area is 119 Å². The molecule has 5 nitrogen and oxygen atoms in total. The molecule has 0 bridgehead atoms. The third-order valence-corrected chi connectivity index (χ3v) is 3.96. The van der Waals surface area contributed by atoms with E-state index in [4.69, 9.17) is 14.9 Å². The van der Waals surface area contributed by atoms with Gasteiger partial charge < -0.3 is 20.1 Å². The summed E-state index contributed by atoms with van der Waals surface area (Å²) in [4.78, 5) is 1.86. The van der Waals surface area contributed by atoms with Gasteiger partial charge in [0.05, 0.1) is 19.3 Å². The first-order valence-corrected chi connectivity index (χ1v) is 6.96. The number of hydrogen-bond acceptors (Lipinski definition) is 5. The molecule has 20 heavy (non-hydrogen) atoms. The second kappa shape index (κ2) is 6.54. The van der Waals surface area contributed by atoms with E-state index in [-0.39, 0.29) is 19.3 Å². The molecule has 5 heteroatoms. The number of aryl methyl sites for hydroxylation is 2. The highest BCUT2D eigenvalue weighted by Crippen LogP contribution is 2.36. The quantitative estimate of drug-likeness (QED) is 0.728. The molecule has 1 heterocycles. The Hall–Kier alpha value is -1.14. The van der Waals surface area contributed by atoms with Crippen molar-refractivity contribution in [3.63, 3.8) is 0 Å². The summed E-state index contributed by atoms with van der Waals surface area (Å²) in [5, 5.41) is 28.8. The third-order valence-electron chi connectivity index (χ3n) is 3.96. The van der Waals surface area contributed by atoms with E-state index in [0.717, 1.165) is 22.4 Å². The molecule has 2 atom stereocenters. The lowest BCUT2D eigenvalue weighted by atomic mass is 9.94. The first kappa shape index (κ1) is 15.3. The van der Waals surface area contributed by atoms with Crippen LogP contribution in [-0.2, 0) is 0 Å². The molecule has 0 amide bonds. The Bertz CT molecular complexity index is 457. The van der Waals surface area contributed by atoms with Crippen molar-refractivity contribution in [2.75, 3.05) is 32.9 Å². The van der Waals surface area contributed by atoms with E-state index < -0.39 is 6.10 Å². The van der Waals surface area contributed by atoms with Crippen LogP contribution in [0.1, 0.15) is 22.8 Å². The highest BCUT2D eigenvalue weighted by molar-refractivity contribution is 5.44. The predicted octanol–water partition coefficient (Wildman–Crippen LogP) is 0.384. The molecule has 1 aromatic carbocycles. The molecule has 2 unspecified atom stereocenters. The van der Waals surface area contributed by atoms with Gasteiger partial charge in [0.1, 0.15) is 18.5 Å². The topological polar surface area (TPSA) is 73.2 Å². The van der Waals surface area contributed by atoms with Crippen molar-refractivity contribution in [3.05, 3.63) is 28.8 Å². The number of hydrogen-bond donors (Lipinski definition) is 3. The van der Waals surface area contributed by atoms with Gasteiger partial charge in [0, 0.05) is 18.7 Å². The van der Waals surface area contributed by atoms with E-state index in [9.17, 15) is 5.11 Å². The van der Waals surface area contributed by atoms with Gasteiger partial charge >= 0.3 is 0 Å². The fourth-order valence-electron chi connectivity index (χ4n) is 2.65. The average Bonchev–Trinajstić information content (AvgIpc) is 2.41. The zero-order valence-electron chi connectivity index (χ0n) is 12.0. The Morgan fingerprint density at radius 2 is 1.75 bits per heavy atom. The normalized spacial score (nSPS) is 21.7. The molecular formula is C15H23NO4. The Kier molecular flexibility index (Phi) is 4.99. The molecular weight excluding hydrogens is 258 g/mol. The van der Waals surface area contributed by atoms with E-state index in [1.165, 1.54) is 0 Å². The van der Waals surface area contributed by atoms with Gasteiger partial charge in [-0.05, 0) is 37.1 Å². The van der Waals surface area contributed by atoms with Crippen LogP contribution in [0.25, 0.3) is 0 Å². The molecule has 1 aromatic rings. The Morgan fingerprint density at radius 1 is 1.15 bits per heavy atom. The smallest absolute Gasteiger partial charge is 0.125 e. The number of rotatable bonds is 5. The van der Waals surface area contributed by atoms with Gasteiger partial charge in [-0.25, -0.2) is 0 Å². The minimum Gasteiger partial charge on any atom is -0.491 e. The van der Waals surface area contributed by atoms with E-state index in [2.05, 4.69) is 0 Å². The summed E-state index contributed by atoms with van der Waals surface area (Å²) in [7, 11) is 0. The minimum absolute atomic E-state index is 0.0109. The van der Waals surface area contributed by atoms with E-state index in [1.54, 1.807) is 0 Å². The van der Waals surface area contributed by atoms with Crippen LogP contribution in [0.15, 0.2) is 12.1 Å². The van der Waals surface area contributed by atoms with Crippen molar-refractivity contribution < 1.29 is 20.1 Å². The highest BCUT2D eigenvalue weighted by Gasteiger charge is 2.33. The summed E-state index contributed by atoms with van der Waals surface area (Å²) in [6, 6.07) is 3.66. The third kappa shape index (κ3) is 2.96. The van der Waals surface area contributed by atoms with Gasteiger partial charge in [-0.1, -0.05) is 0 Å². The molecule has 0 saturated heterocycles. The molecule has 0 radical (unpaired) electrons. The fourth-order valence-corrected chi connectivity index (χ4v) is 2.65. The van der Waals surface area contributed by atoms with E-state index in [0.29, 0.717) is 19.7 Å². The van der Waals surface area contributed by atoms with Crippen LogP contribution in [0, 0.1) is 13.8 Å². The van der Waals surface area contributed by atoms with Crippen molar-refractivity contribution in [2.24, 2.45) is 0 Å². The molecule has 0 aliphatic carbocycles. The molecule has 1 aliphatic heterocycles.